The fraction of sp³-hybridized carbons (Fsp3) is 0.391. The number of ether oxygens (including phenoxy) is 1. The number of aliphatic hydroxyl groups excluding tert-OH is 1. The van der Waals surface area contributed by atoms with Gasteiger partial charge in [-0.3, -0.25) is 14.2 Å². The number of hydrogen-bond acceptors (Lipinski definition) is 7. The minimum atomic E-state index is -0.446. The smallest absolute Gasteiger partial charge is 0.265 e. The van der Waals surface area contributed by atoms with Crippen LogP contribution in [0.4, 0.5) is 5.95 Å². The number of carbonyl (C=O) groups excluding carboxylic acids is 1. The van der Waals surface area contributed by atoms with Crippen molar-refractivity contribution in [3.05, 3.63) is 57.0 Å². The fourth-order valence-electron chi connectivity index (χ4n) is 4.11. The highest BCUT2D eigenvalue weighted by Crippen LogP contribution is 2.27. The van der Waals surface area contributed by atoms with Crippen molar-refractivity contribution in [3.8, 4) is 5.75 Å². The zero-order chi connectivity index (χ0) is 23.7. The van der Waals surface area contributed by atoms with Gasteiger partial charge in [0.2, 0.25) is 5.95 Å². The molecule has 1 fully saturated rings. The van der Waals surface area contributed by atoms with E-state index in [0.717, 1.165) is 24.9 Å². The van der Waals surface area contributed by atoms with Crippen LogP contribution in [0.25, 0.3) is 11.0 Å². The van der Waals surface area contributed by atoms with Crippen LogP contribution in [-0.4, -0.2) is 70.8 Å². The summed E-state index contributed by atoms with van der Waals surface area (Å²) in [6, 6.07) is 6.75. The van der Waals surface area contributed by atoms with Crippen LogP contribution in [-0.2, 0) is 6.54 Å². The van der Waals surface area contributed by atoms with E-state index < -0.39 is 11.5 Å². The van der Waals surface area contributed by atoms with E-state index in [0.29, 0.717) is 27.8 Å². The summed E-state index contributed by atoms with van der Waals surface area (Å²) in [7, 11) is 4.73. The quantitative estimate of drug-likeness (QED) is 0.588. The number of carbonyl (C=O) groups is 1. The minimum absolute atomic E-state index is 0.00875. The van der Waals surface area contributed by atoms with Crippen LogP contribution in [0.1, 0.15) is 28.8 Å². The fourth-order valence-corrected chi connectivity index (χ4v) is 4.39. The number of benzene rings is 1. The van der Waals surface area contributed by atoms with E-state index in [9.17, 15) is 14.7 Å². The molecule has 33 heavy (non-hydrogen) atoms. The van der Waals surface area contributed by atoms with Crippen molar-refractivity contribution < 1.29 is 14.6 Å². The van der Waals surface area contributed by atoms with Crippen molar-refractivity contribution >= 4 is 34.5 Å². The van der Waals surface area contributed by atoms with Gasteiger partial charge in [-0.2, -0.15) is 4.98 Å². The number of rotatable bonds is 6. The second kappa shape index (κ2) is 9.36. The minimum Gasteiger partial charge on any atom is -0.495 e. The Balaban J connectivity index is 1.88. The molecule has 9 nitrogen and oxygen atoms in total. The monoisotopic (exact) mass is 471 g/mol. The summed E-state index contributed by atoms with van der Waals surface area (Å²) in [6.45, 7) is 0.897. The number of anilines is 1. The molecule has 0 bridgehead atoms. The Labute approximate surface area is 196 Å². The van der Waals surface area contributed by atoms with Crippen molar-refractivity contribution in [3.63, 3.8) is 0 Å². The Bertz CT molecular complexity index is 1260. The SMILES string of the molecule is COc1ccc(Cn2c(=O)c(C(=O)N(C)C)cc3cnc(N4CCC[C@H]4CO)nc32)cc1Cl. The number of halogens is 1. The standard InChI is InChI=1S/C23H26ClN5O4/c1-27(2)21(31)17-10-15-11-25-23(28-8-4-5-16(28)13-30)26-20(15)29(22(17)32)12-14-6-7-19(33-3)18(24)9-14/h6-7,9-11,16,30H,4-5,8,12-13H2,1-3H3/t16-/m0/s1. The molecule has 1 amide bonds. The number of aliphatic hydroxyl groups is 1. The zero-order valence-electron chi connectivity index (χ0n) is 18.8. The molecule has 0 radical (unpaired) electrons. The molecule has 1 aromatic carbocycles. The number of amides is 1. The topological polar surface area (TPSA) is 101 Å². The van der Waals surface area contributed by atoms with Crippen molar-refractivity contribution in [1.82, 2.24) is 19.4 Å². The van der Waals surface area contributed by atoms with Crippen LogP contribution in [0.5, 0.6) is 5.75 Å². The molecule has 0 aliphatic carbocycles. The summed E-state index contributed by atoms with van der Waals surface area (Å²) >= 11 is 6.29. The van der Waals surface area contributed by atoms with Crippen LogP contribution in [0.3, 0.4) is 0 Å². The number of hydrogen-bond donors (Lipinski definition) is 1. The third-order valence-electron chi connectivity index (χ3n) is 5.85. The summed E-state index contributed by atoms with van der Waals surface area (Å²) in [6.07, 6.45) is 3.40. The lowest BCUT2D eigenvalue weighted by atomic mass is 10.1. The molecule has 1 aliphatic heterocycles. The van der Waals surface area contributed by atoms with E-state index in [1.54, 1.807) is 32.4 Å². The van der Waals surface area contributed by atoms with Gasteiger partial charge in [0.25, 0.3) is 11.5 Å². The number of aromatic nitrogens is 3. The van der Waals surface area contributed by atoms with Gasteiger partial charge in [-0.25, -0.2) is 4.98 Å². The highest BCUT2D eigenvalue weighted by Gasteiger charge is 2.27. The van der Waals surface area contributed by atoms with Crippen LogP contribution < -0.4 is 15.2 Å². The third-order valence-corrected chi connectivity index (χ3v) is 6.15. The van der Waals surface area contributed by atoms with Crippen molar-refractivity contribution in [2.24, 2.45) is 0 Å². The number of fused-ring (bicyclic) bond motifs is 1. The first-order chi connectivity index (χ1) is 15.8. The Kier molecular flexibility index (Phi) is 6.53. The lowest BCUT2D eigenvalue weighted by molar-refractivity contribution is 0.0825. The molecule has 1 atom stereocenters. The van der Waals surface area contributed by atoms with E-state index in [-0.39, 0.29) is 24.8 Å². The average Bonchev–Trinajstić information content (AvgIpc) is 3.29. The molecule has 0 saturated carbocycles. The summed E-state index contributed by atoms with van der Waals surface area (Å²) in [5.74, 6) is 0.585. The Hall–Kier alpha value is -3.17. The first-order valence-corrected chi connectivity index (χ1v) is 11.0. The highest BCUT2D eigenvalue weighted by atomic mass is 35.5. The Morgan fingerprint density at radius 1 is 1.33 bits per heavy atom. The predicted octanol–water partition coefficient (Wildman–Crippen LogP) is 2.16. The van der Waals surface area contributed by atoms with Gasteiger partial charge in [-0.05, 0) is 36.6 Å². The van der Waals surface area contributed by atoms with Crippen LogP contribution in [0.15, 0.2) is 35.3 Å². The van der Waals surface area contributed by atoms with Gasteiger partial charge in [0, 0.05) is 32.2 Å². The van der Waals surface area contributed by atoms with Gasteiger partial charge in [0.15, 0.2) is 0 Å². The van der Waals surface area contributed by atoms with Crippen molar-refractivity contribution in [2.45, 2.75) is 25.4 Å². The molecule has 1 N–H and O–H groups in total. The molecule has 3 aromatic rings. The maximum absolute atomic E-state index is 13.4. The lowest BCUT2D eigenvalue weighted by Gasteiger charge is -2.23. The summed E-state index contributed by atoms with van der Waals surface area (Å²) < 4.78 is 6.69. The molecule has 0 unspecified atom stereocenters. The average molecular weight is 472 g/mol. The first-order valence-electron chi connectivity index (χ1n) is 10.7. The lowest BCUT2D eigenvalue weighted by Crippen LogP contribution is -2.35. The van der Waals surface area contributed by atoms with E-state index in [1.807, 2.05) is 11.0 Å². The normalized spacial score (nSPS) is 15.8. The predicted molar refractivity (Wildman–Crippen MR) is 126 cm³/mol. The van der Waals surface area contributed by atoms with Crippen LogP contribution >= 0.6 is 11.6 Å². The first kappa shape index (κ1) is 23.0. The van der Waals surface area contributed by atoms with Gasteiger partial charge in [0.1, 0.15) is 17.0 Å². The van der Waals surface area contributed by atoms with Gasteiger partial charge in [-0.1, -0.05) is 17.7 Å². The summed E-state index contributed by atoms with van der Waals surface area (Å²) in [5, 5.41) is 10.7. The largest absolute Gasteiger partial charge is 0.495 e. The van der Waals surface area contributed by atoms with Gasteiger partial charge < -0.3 is 19.6 Å². The Morgan fingerprint density at radius 2 is 2.12 bits per heavy atom. The molecular weight excluding hydrogens is 446 g/mol. The molecule has 1 aliphatic rings. The second-order valence-electron chi connectivity index (χ2n) is 8.24. The van der Waals surface area contributed by atoms with Gasteiger partial charge in [0.05, 0.1) is 31.3 Å². The maximum Gasteiger partial charge on any atom is 0.265 e. The number of methoxy groups -OCH3 is 1. The number of pyridine rings is 1. The maximum atomic E-state index is 13.4. The van der Waals surface area contributed by atoms with Gasteiger partial charge in [-0.15, -0.1) is 0 Å². The highest BCUT2D eigenvalue weighted by molar-refractivity contribution is 6.32. The second-order valence-corrected chi connectivity index (χ2v) is 8.65. The molecule has 10 heteroatoms. The van der Waals surface area contributed by atoms with Crippen LogP contribution in [0, 0.1) is 0 Å². The molecule has 2 aromatic heterocycles. The van der Waals surface area contributed by atoms with E-state index in [4.69, 9.17) is 21.3 Å². The van der Waals surface area contributed by atoms with Crippen molar-refractivity contribution in [2.75, 3.05) is 39.3 Å². The van der Waals surface area contributed by atoms with Gasteiger partial charge >= 0.3 is 0 Å². The molecule has 4 rings (SSSR count). The third kappa shape index (κ3) is 4.38. The van der Waals surface area contributed by atoms with Crippen LogP contribution in [0.2, 0.25) is 5.02 Å². The zero-order valence-corrected chi connectivity index (χ0v) is 19.5. The molecule has 3 heterocycles. The van der Waals surface area contributed by atoms with Crippen molar-refractivity contribution in [1.29, 1.82) is 0 Å². The Morgan fingerprint density at radius 3 is 2.79 bits per heavy atom. The number of nitrogens with zero attached hydrogens (tertiary/aromatic N) is 5. The summed E-state index contributed by atoms with van der Waals surface area (Å²) in [4.78, 5) is 38.6. The summed E-state index contributed by atoms with van der Waals surface area (Å²) in [5.41, 5.74) is 0.764. The van der Waals surface area contributed by atoms with E-state index in [2.05, 4.69) is 4.98 Å². The molecular formula is C23H26ClN5O4. The molecule has 174 valence electrons. The molecule has 1 saturated heterocycles. The van der Waals surface area contributed by atoms with E-state index >= 15 is 0 Å². The molecule has 0 spiro atoms. The van der Waals surface area contributed by atoms with E-state index in [1.165, 1.54) is 22.6 Å².